The van der Waals surface area contributed by atoms with E-state index in [1.807, 2.05) is 19.9 Å². The second-order valence-corrected chi connectivity index (χ2v) is 7.83. The predicted molar refractivity (Wildman–Crippen MR) is 116 cm³/mol. The topological polar surface area (TPSA) is 79.3 Å². The van der Waals surface area contributed by atoms with Gasteiger partial charge < -0.3 is 24.4 Å². The van der Waals surface area contributed by atoms with E-state index in [-0.39, 0.29) is 23.7 Å². The smallest absolute Gasteiger partial charge is 0.290 e. The lowest BCUT2D eigenvalue weighted by Crippen LogP contribution is -2.38. The quantitative estimate of drug-likeness (QED) is 0.594. The molecule has 7 nitrogen and oxygen atoms in total. The lowest BCUT2D eigenvalue weighted by molar-refractivity contribution is -0.129. The maximum atomic E-state index is 13.0. The Balaban J connectivity index is 2.50. The zero-order valence-corrected chi connectivity index (χ0v) is 18.9. The maximum absolute atomic E-state index is 13.0. The van der Waals surface area contributed by atoms with Gasteiger partial charge in [0.2, 0.25) is 0 Å². The van der Waals surface area contributed by atoms with Crippen LogP contribution in [0.4, 0.5) is 0 Å². The number of ether oxygens (including phenoxy) is 2. The van der Waals surface area contributed by atoms with Crippen LogP contribution in [-0.4, -0.2) is 67.0 Å². The molecule has 1 amide bonds. The van der Waals surface area contributed by atoms with Crippen LogP contribution < -0.4 is 9.47 Å². The van der Waals surface area contributed by atoms with Crippen molar-refractivity contribution in [2.24, 2.45) is 5.92 Å². The summed E-state index contributed by atoms with van der Waals surface area (Å²) in [6.45, 7) is 10.8. The van der Waals surface area contributed by atoms with Crippen LogP contribution in [0.2, 0.25) is 0 Å². The van der Waals surface area contributed by atoms with Crippen molar-refractivity contribution < 1.29 is 24.2 Å². The summed E-state index contributed by atoms with van der Waals surface area (Å²) in [6, 6.07) is 4.67. The number of aliphatic hydroxyl groups excluding tert-OH is 1. The molecule has 0 saturated carbocycles. The Morgan fingerprint density at radius 1 is 1.17 bits per heavy atom. The van der Waals surface area contributed by atoms with Gasteiger partial charge in [0, 0.05) is 19.5 Å². The molecular formula is C23H34N2O5. The highest BCUT2D eigenvalue weighted by Crippen LogP contribution is 2.41. The molecule has 1 N–H and O–H groups in total. The summed E-state index contributed by atoms with van der Waals surface area (Å²) in [7, 11) is 3.09. The fourth-order valence-corrected chi connectivity index (χ4v) is 3.81. The van der Waals surface area contributed by atoms with Crippen LogP contribution in [0.3, 0.4) is 0 Å². The Labute approximate surface area is 179 Å². The Kier molecular flexibility index (Phi) is 8.29. The fraction of sp³-hybridized carbons (Fsp3) is 0.565. The van der Waals surface area contributed by atoms with Crippen molar-refractivity contribution in [1.29, 1.82) is 0 Å². The van der Waals surface area contributed by atoms with Crippen LogP contribution in [-0.2, 0) is 9.59 Å². The number of nitrogens with zero attached hydrogens (tertiary/aromatic N) is 2. The summed E-state index contributed by atoms with van der Waals surface area (Å²) in [5.74, 6) is 0.0235. The van der Waals surface area contributed by atoms with Crippen LogP contribution >= 0.6 is 0 Å². The van der Waals surface area contributed by atoms with E-state index in [1.165, 1.54) is 7.11 Å². The van der Waals surface area contributed by atoms with Gasteiger partial charge in [-0.25, -0.2) is 0 Å². The number of hydrogen-bond donors (Lipinski definition) is 1. The van der Waals surface area contributed by atoms with Gasteiger partial charge in [-0.1, -0.05) is 33.8 Å². The van der Waals surface area contributed by atoms with Gasteiger partial charge in [0.1, 0.15) is 0 Å². The first kappa shape index (κ1) is 23.7. The normalized spacial score (nSPS) is 16.7. The zero-order chi connectivity index (χ0) is 22.4. The molecule has 1 aromatic carbocycles. The van der Waals surface area contributed by atoms with Crippen molar-refractivity contribution in [1.82, 2.24) is 9.80 Å². The first-order valence-corrected chi connectivity index (χ1v) is 10.5. The first-order chi connectivity index (χ1) is 14.3. The van der Waals surface area contributed by atoms with Crippen LogP contribution in [0.1, 0.15) is 45.7 Å². The van der Waals surface area contributed by atoms with E-state index in [2.05, 4.69) is 18.7 Å². The lowest BCUT2D eigenvalue weighted by Gasteiger charge is -2.29. The summed E-state index contributed by atoms with van der Waals surface area (Å²) < 4.78 is 10.7. The van der Waals surface area contributed by atoms with Crippen molar-refractivity contribution in [2.75, 3.05) is 40.4 Å². The van der Waals surface area contributed by atoms with E-state index in [1.54, 1.807) is 24.1 Å². The number of hydrogen-bond acceptors (Lipinski definition) is 6. The van der Waals surface area contributed by atoms with Crippen LogP contribution in [0.5, 0.6) is 11.5 Å². The van der Waals surface area contributed by atoms with Gasteiger partial charge in [-0.15, -0.1) is 0 Å². The second kappa shape index (κ2) is 10.5. The number of rotatable bonds is 11. The molecule has 0 aromatic heterocycles. The molecular weight excluding hydrogens is 384 g/mol. The molecule has 2 rings (SSSR count). The molecule has 1 atom stereocenters. The third-order valence-corrected chi connectivity index (χ3v) is 5.47. The highest BCUT2D eigenvalue weighted by Gasteiger charge is 2.43. The Bertz CT molecular complexity index is 799. The molecule has 1 aromatic rings. The van der Waals surface area contributed by atoms with E-state index in [0.29, 0.717) is 30.2 Å². The minimum atomic E-state index is -0.654. The molecule has 1 unspecified atom stereocenters. The average molecular weight is 419 g/mol. The Hall–Kier alpha value is -2.54. The molecule has 1 aliphatic heterocycles. The van der Waals surface area contributed by atoms with E-state index in [0.717, 1.165) is 13.1 Å². The molecule has 30 heavy (non-hydrogen) atoms. The molecule has 0 aliphatic carbocycles. The standard InChI is InChI=1S/C23H34N2O5/c1-7-24(8-2)11-12-25-21(16-9-10-18(29-5)19(14-16)30-6)20(22(27)23(25)28)17(26)13-15(3)4/h9-10,14-15,21,27H,7-8,11-13H2,1-6H3. The van der Waals surface area contributed by atoms with Crippen LogP contribution in [0.15, 0.2) is 29.5 Å². The monoisotopic (exact) mass is 418 g/mol. The number of ketones is 1. The SMILES string of the molecule is CCN(CC)CCN1C(=O)C(O)=C(C(=O)CC(C)C)C1c1ccc(OC)c(OC)c1. The van der Waals surface area contributed by atoms with Gasteiger partial charge in [0.05, 0.1) is 25.8 Å². The van der Waals surface area contributed by atoms with E-state index in [4.69, 9.17) is 9.47 Å². The Morgan fingerprint density at radius 3 is 2.33 bits per heavy atom. The molecule has 1 aliphatic rings. The minimum Gasteiger partial charge on any atom is -0.503 e. The molecule has 0 spiro atoms. The Morgan fingerprint density at radius 2 is 1.80 bits per heavy atom. The van der Waals surface area contributed by atoms with Crippen molar-refractivity contribution in [3.63, 3.8) is 0 Å². The largest absolute Gasteiger partial charge is 0.503 e. The number of amides is 1. The maximum Gasteiger partial charge on any atom is 0.290 e. The summed E-state index contributed by atoms with van der Waals surface area (Å²) in [4.78, 5) is 29.7. The number of Topliss-reactive ketones (excluding diaryl/α,β-unsaturated/α-hetero) is 1. The summed E-state index contributed by atoms with van der Waals surface area (Å²) >= 11 is 0. The van der Waals surface area contributed by atoms with Gasteiger partial charge in [-0.05, 0) is 36.7 Å². The van der Waals surface area contributed by atoms with Crippen molar-refractivity contribution in [2.45, 2.75) is 40.2 Å². The van der Waals surface area contributed by atoms with Crippen LogP contribution in [0, 0.1) is 5.92 Å². The molecule has 7 heteroatoms. The van der Waals surface area contributed by atoms with E-state index in [9.17, 15) is 14.7 Å². The molecule has 0 bridgehead atoms. The van der Waals surface area contributed by atoms with Crippen molar-refractivity contribution >= 4 is 11.7 Å². The number of likely N-dealkylation sites (N-methyl/N-ethyl adjacent to an activating group) is 1. The van der Waals surface area contributed by atoms with Crippen molar-refractivity contribution in [3.05, 3.63) is 35.1 Å². The number of carbonyl (C=O) groups excluding carboxylic acids is 2. The average Bonchev–Trinajstić information content (AvgIpc) is 2.98. The molecule has 0 saturated heterocycles. The van der Waals surface area contributed by atoms with E-state index >= 15 is 0 Å². The van der Waals surface area contributed by atoms with Gasteiger partial charge >= 0.3 is 0 Å². The third-order valence-electron chi connectivity index (χ3n) is 5.47. The number of benzene rings is 1. The molecule has 0 radical (unpaired) electrons. The summed E-state index contributed by atoms with van der Waals surface area (Å²) in [5, 5.41) is 10.6. The fourth-order valence-electron chi connectivity index (χ4n) is 3.81. The molecule has 0 fully saturated rings. The van der Waals surface area contributed by atoms with Gasteiger partial charge in [-0.2, -0.15) is 0 Å². The minimum absolute atomic E-state index is 0.115. The predicted octanol–water partition coefficient (Wildman–Crippen LogP) is 3.36. The van der Waals surface area contributed by atoms with E-state index < -0.39 is 17.7 Å². The molecule has 1 heterocycles. The highest BCUT2D eigenvalue weighted by molar-refractivity contribution is 6.09. The van der Waals surface area contributed by atoms with Gasteiger partial charge in [0.15, 0.2) is 23.0 Å². The first-order valence-electron chi connectivity index (χ1n) is 10.5. The zero-order valence-electron chi connectivity index (χ0n) is 18.9. The molecule has 166 valence electrons. The van der Waals surface area contributed by atoms with Crippen LogP contribution in [0.25, 0.3) is 0 Å². The highest BCUT2D eigenvalue weighted by atomic mass is 16.5. The second-order valence-electron chi connectivity index (χ2n) is 7.83. The van der Waals surface area contributed by atoms with Gasteiger partial charge in [-0.3, -0.25) is 9.59 Å². The lowest BCUT2D eigenvalue weighted by atomic mass is 9.92. The third kappa shape index (κ3) is 4.95. The van der Waals surface area contributed by atoms with Crippen molar-refractivity contribution in [3.8, 4) is 11.5 Å². The number of aliphatic hydroxyl groups is 1. The summed E-state index contributed by atoms with van der Waals surface area (Å²) in [6.07, 6.45) is 0.264. The number of carbonyl (C=O) groups is 2. The summed E-state index contributed by atoms with van der Waals surface area (Å²) in [5.41, 5.74) is 0.872. The number of methoxy groups -OCH3 is 2. The van der Waals surface area contributed by atoms with Gasteiger partial charge in [0.25, 0.3) is 5.91 Å².